The van der Waals surface area contributed by atoms with E-state index in [9.17, 15) is 26.3 Å². The van der Waals surface area contributed by atoms with Gasteiger partial charge in [-0.3, -0.25) is 0 Å². The van der Waals surface area contributed by atoms with Crippen molar-refractivity contribution in [2.75, 3.05) is 23.3 Å². The van der Waals surface area contributed by atoms with Crippen LogP contribution in [0.1, 0.15) is 34.1 Å². The van der Waals surface area contributed by atoms with Gasteiger partial charge in [0.25, 0.3) is 6.10 Å². The largest absolute Gasteiger partial charge is 0.440 e. The number of ether oxygens (including phenoxy) is 1. The van der Waals surface area contributed by atoms with Gasteiger partial charge in [0.2, 0.25) is 11.9 Å². The molecular weight excluding hydrogens is 368 g/mol. The second kappa shape index (κ2) is 8.58. The first kappa shape index (κ1) is 22.0. The van der Waals surface area contributed by atoms with Crippen LogP contribution in [-0.4, -0.2) is 52.5 Å². The Morgan fingerprint density at radius 1 is 0.962 bits per heavy atom. The molecule has 0 fully saturated rings. The molecule has 0 spiro atoms. The molecule has 0 radical (unpaired) electrons. The van der Waals surface area contributed by atoms with Crippen LogP contribution in [-0.2, 0) is 0 Å². The van der Waals surface area contributed by atoms with Gasteiger partial charge in [-0.1, -0.05) is 6.92 Å². The number of aromatic nitrogens is 3. The molecule has 0 unspecified atom stereocenters. The van der Waals surface area contributed by atoms with Gasteiger partial charge in [0.15, 0.2) is 0 Å². The summed E-state index contributed by atoms with van der Waals surface area (Å²) in [5.41, 5.74) is 0. The van der Waals surface area contributed by atoms with Crippen LogP contribution in [0.25, 0.3) is 0 Å². The SMILES string of the molecule is CC[C@@H](C)Nc1nc(OC(C(F)(F)F)C(F)(F)F)nc(N(CC)CC)n1. The Balaban J connectivity index is 3.30. The molecule has 1 atom stereocenters. The van der Waals surface area contributed by atoms with Crippen molar-refractivity contribution in [1.82, 2.24) is 15.0 Å². The molecule has 0 aromatic carbocycles. The highest BCUT2D eigenvalue weighted by Crippen LogP contribution is 2.36. The minimum Gasteiger partial charge on any atom is -0.440 e. The third-order valence-electron chi connectivity index (χ3n) is 3.46. The summed E-state index contributed by atoms with van der Waals surface area (Å²) < 4.78 is 80.4. The van der Waals surface area contributed by atoms with Gasteiger partial charge >= 0.3 is 18.4 Å². The highest BCUT2D eigenvalue weighted by molar-refractivity contribution is 5.38. The van der Waals surface area contributed by atoms with Crippen LogP contribution in [0.15, 0.2) is 0 Å². The van der Waals surface area contributed by atoms with Crippen molar-refractivity contribution in [3.8, 4) is 6.01 Å². The van der Waals surface area contributed by atoms with Crippen molar-refractivity contribution in [3.05, 3.63) is 0 Å². The fourth-order valence-corrected chi connectivity index (χ4v) is 1.86. The van der Waals surface area contributed by atoms with Crippen LogP contribution >= 0.6 is 0 Å². The molecule has 1 aromatic rings. The van der Waals surface area contributed by atoms with E-state index in [1.807, 2.05) is 6.92 Å². The van der Waals surface area contributed by atoms with E-state index >= 15 is 0 Å². The van der Waals surface area contributed by atoms with Gasteiger partial charge in [-0.05, 0) is 27.2 Å². The van der Waals surface area contributed by atoms with Crippen molar-refractivity contribution in [1.29, 1.82) is 0 Å². The monoisotopic (exact) mass is 389 g/mol. The molecule has 150 valence electrons. The van der Waals surface area contributed by atoms with E-state index in [-0.39, 0.29) is 17.9 Å². The summed E-state index contributed by atoms with van der Waals surface area (Å²) in [6.07, 6.45) is -14.7. The Bertz CT molecular complexity index is 562. The zero-order valence-corrected chi connectivity index (χ0v) is 14.7. The molecule has 0 saturated carbocycles. The normalized spacial score (nSPS) is 13.7. The number of anilines is 2. The number of rotatable bonds is 8. The van der Waals surface area contributed by atoms with Crippen LogP contribution in [0.4, 0.5) is 38.2 Å². The maximum absolute atomic E-state index is 12.7. The minimum absolute atomic E-state index is 0.0751. The predicted molar refractivity (Wildman–Crippen MR) is 83.3 cm³/mol. The maximum Gasteiger partial charge on any atom is 0.434 e. The van der Waals surface area contributed by atoms with E-state index in [1.54, 1.807) is 25.7 Å². The van der Waals surface area contributed by atoms with Crippen molar-refractivity contribution in [2.24, 2.45) is 0 Å². The van der Waals surface area contributed by atoms with Crippen molar-refractivity contribution in [3.63, 3.8) is 0 Å². The van der Waals surface area contributed by atoms with Gasteiger partial charge in [-0.2, -0.15) is 41.3 Å². The summed E-state index contributed by atoms with van der Waals surface area (Å²) in [7, 11) is 0. The third kappa shape index (κ3) is 6.06. The van der Waals surface area contributed by atoms with Gasteiger partial charge < -0.3 is 15.0 Å². The Morgan fingerprint density at radius 3 is 1.92 bits per heavy atom. The summed E-state index contributed by atoms with van der Waals surface area (Å²) in [6, 6.07) is -1.21. The smallest absolute Gasteiger partial charge is 0.434 e. The summed E-state index contributed by atoms with van der Waals surface area (Å²) in [5, 5.41) is 2.79. The lowest BCUT2D eigenvalue weighted by Gasteiger charge is -2.24. The predicted octanol–water partition coefficient (Wildman–Crippen LogP) is 3.80. The molecule has 0 aliphatic heterocycles. The van der Waals surface area contributed by atoms with E-state index in [0.29, 0.717) is 19.5 Å². The number of halogens is 6. The molecule has 26 heavy (non-hydrogen) atoms. The first-order valence-corrected chi connectivity index (χ1v) is 7.99. The van der Waals surface area contributed by atoms with Crippen LogP contribution in [0.3, 0.4) is 0 Å². The van der Waals surface area contributed by atoms with E-state index in [4.69, 9.17) is 0 Å². The van der Waals surface area contributed by atoms with E-state index in [0.717, 1.165) is 0 Å². The topological polar surface area (TPSA) is 63.2 Å². The molecule has 0 aliphatic carbocycles. The lowest BCUT2D eigenvalue weighted by atomic mass is 10.3. The first-order valence-electron chi connectivity index (χ1n) is 7.99. The summed E-state index contributed by atoms with van der Waals surface area (Å²) in [4.78, 5) is 12.8. The third-order valence-corrected chi connectivity index (χ3v) is 3.46. The Morgan fingerprint density at radius 2 is 1.50 bits per heavy atom. The summed E-state index contributed by atoms with van der Waals surface area (Å²) in [5.74, 6) is -0.233. The molecular formula is C14H21F6N5O. The number of nitrogens with zero attached hydrogens (tertiary/aromatic N) is 4. The van der Waals surface area contributed by atoms with Gasteiger partial charge in [0.05, 0.1) is 0 Å². The maximum atomic E-state index is 12.7. The Labute approximate surface area is 147 Å². The second-order valence-corrected chi connectivity index (χ2v) is 5.45. The molecule has 1 heterocycles. The number of hydrogen-bond donors (Lipinski definition) is 1. The molecule has 1 N–H and O–H groups in total. The lowest BCUT2D eigenvalue weighted by molar-refractivity contribution is -0.301. The molecule has 1 aromatic heterocycles. The van der Waals surface area contributed by atoms with Crippen LogP contribution in [0.2, 0.25) is 0 Å². The number of hydrogen-bond acceptors (Lipinski definition) is 6. The second-order valence-electron chi connectivity index (χ2n) is 5.45. The van der Waals surface area contributed by atoms with Crippen molar-refractivity contribution in [2.45, 2.75) is 58.6 Å². The zero-order chi connectivity index (χ0) is 20.1. The first-order chi connectivity index (χ1) is 11.9. The Kier molecular flexibility index (Phi) is 7.27. The van der Waals surface area contributed by atoms with Crippen molar-refractivity contribution < 1.29 is 31.1 Å². The molecule has 0 amide bonds. The number of alkyl halides is 6. The van der Waals surface area contributed by atoms with E-state index in [1.165, 1.54) is 0 Å². The van der Waals surface area contributed by atoms with Crippen LogP contribution in [0.5, 0.6) is 6.01 Å². The summed E-state index contributed by atoms with van der Waals surface area (Å²) >= 11 is 0. The Hall–Kier alpha value is -2.01. The zero-order valence-electron chi connectivity index (χ0n) is 14.7. The molecule has 6 nitrogen and oxygen atoms in total. The van der Waals surface area contributed by atoms with Crippen LogP contribution < -0.4 is 15.0 Å². The van der Waals surface area contributed by atoms with Gasteiger partial charge in [-0.25, -0.2) is 0 Å². The fraction of sp³-hybridized carbons (Fsp3) is 0.786. The molecule has 12 heteroatoms. The molecule has 0 saturated heterocycles. The van der Waals surface area contributed by atoms with E-state index in [2.05, 4.69) is 25.0 Å². The standard InChI is InChI=1S/C14H21F6N5O/c1-5-8(4)21-10-22-11(25(6-2)7-3)24-12(23-10)26-9(13(15,16)17)14(18,19)20/h8-9H,5-7H2,1-4H3,(H,21,22,23,24)/t8-/m1/s1. The quantitative estimate of drug-likeness (QED) is 0.683. The lowest BCUT2D eigenvalue weighted by Crippen LogP contribution is -2.47. The van der Waals surface area contributed by atoms with E-state index < -0.39 is 24.5 Å². The number of nitrogens with one attached hydrogen (secondary N) is 1. The van der Waals surface area contributed by atoms with Gasteiger partial charge in [0.1, 0.15) is 0 Å². The minimum atomic E-state index is -5.66. The molecule has 0 aliphatic rings. The highest BCUT2D eigenvalue weighted by Gasteiger charge is 2.59. The summed E-state index contributed by atoms with van der Waals surface area (Å²) in [6.45, 7) is 7.86. The van der Waals surface area contributed by atoms with Gasteiger partial charge in [-0.15, -0.1) is 0 Å². The fourth-order valence-electron chi connectivity index (χ4n) is 1.86. The molecule has 0 bridgehead atoms. The molecule has 1 rings (SSSR count). The average molecular weight is 389 g/mol. The van der Waals surface area contributed by atoms with Crippen LogP contribution in [0, 0.1) is 0 Å². The highest BCUT2D eigenvalue weighted by atomic mass is 19.4. The average Bonchev–Trinajstić information content (AvgIpc) is 2.51. The van der Waals surface area contributed by atoms with Crippen molar-refractivity contribution >= 4 is 11.9 Å². The van der Waals surface area contributed by atoms with Gasteiger partial charge in [0, 0.05) is 19.1 Å².